The van der Waals surface area contributed by atoms with Crippen molar-refractivity contribution in [2.24, 2.45) is 0 Å². The number of hydrogen-bond donors (Lipinski definition) is 0. The lowest BCUT2D eigenvalue weighted by Gasteiger charge is -2.44. The molecule has 0 N–H and O–H groups in total. The molecule has 0 bridgehead atoms. The maximum absolute atomic E-state index is 14.7. The molecule has 0 spiro atoms. The first-order chi connectivity index (χ1) is 13.8. The highest BCUT2D eigenvalue weighted by atomic mass is 19.1. The fourth-order valence-corrected chi connectivity index (χ4v) is 4.17. The minimum Gasteiger partial charge on any atom is -0.491 e. The molecule has 3 heterocycles. The number of benzene rings is 1. The number of nitrogens with zero attached hydrogens (tertiary/aromatic N) is 2. The summed E-state index contributed by atoms with van der Waals surface area (Å²) in [6.07, 6.45) is 3.92. The van der Waals surface area contributed by atoms with Crippen LogP contribution < -0.4 is 9.64 Å². The van der Waals surface area contributed by atoms with Crippen molar-refractivity contribution >= 4 is 5.69 Å². The second kappa shape index (κ2) is 9.87. The summed E-state index contributed by atoms with van der Waals surface area (Å²) in [6.45, 7) is 6.83. The van der Waals surface area contributed by atoms with E-state index < -0.39 is 0 Å². The number of rotatable bonds is 7. The first kappa shape index (κ1) is 19.9. The Bertz CT molecular complexity index is 626. The van der Waals surface area contributed by atoms with Crippen LogP contribution in [0.3, 0.4) is 0 Å². The summed E-state index contributed by atoms with van der Waals surface area (Å²) in [6, 6.07) is 5.39. The minimum atomic E-state index is -0.227. The molecule has 1 unspecified atom stereocenters. The Hall–Kier alpha value is -1.41. The second-order valence-electron chi connectivity index (χ2n) is 7.67. The second-order valence-corrected chi connectivity index (χ2v) is 7.67. The predicted octanol–water partition coefficient (Wildman–Crippen LogP) is 2.66. The van der Waals surface area contributed by atoms with E-state index in [1.807, 2.05) is 6.07 Å². The van der Waals surface area contributed by atoms with E-state index >= 15 is 0 Å². The monoisotopic (exact) mass is 394 g/mol. The molecule has 4 rings (SSSR count). The largest absolute Gasteiger partial charge is 0.491 e. The molecule has 0 aliphatic carbocycles. The third kappa shape index (κ3) is 4.95. The van der Waals surface area contributed by atoms with Crippen LogP contribution >= 0.6 is 0 Å². The van der Waals surface area contributed by atoms with Gasteiger partial charge in [0, 0.05) is 39.2 Å². The lowest BCUT2D eigenvalue weighted by Crippen LogP contribution is -2.58. The van der Waals surface area contributed by atoms with Gasteiger partial charge in [-0.2, -0.15) is 0 Å². The molecule has 0 amide bonds. The summed E-state index contributed by atoms with van der Waals surface area (Å²) >= 11 is 0. The molecule has 0 aromatic heterocycles. The molecular weight excluding hydrogens is 363 g/mol. The van der Waals surface area contributed by atoms with E-state index in [0.29, 0.717) is 37.3 Å². The molecule has 3 fully saturated rings. The number of morpholine rings is 1. The van der Waals surface area contributed by atoms with Crippen LogP contribution in [0.4, 0.5) is 10.1 Å². The molecule has 1 aromatic carbocycles. The van der Waals surface area contributed by atoms with E-state index in [4.69, 9.17) is 18.9 Å². The maximum atomic E-state index is 14.7. The van der Waals surface area contributed by atoms with Gasteiger partial charge in [-0.3, -0.25) is 4.90 Å². The maximum Gasteiger partial charge on any atom is 0.157 e. The van der Waals surface area contributed by atoms with Crippen molar-refractivity contribution in [2.75, 3.05) is 64.1 Å². The van der Waals surface area contributed by atoms with Crippen LogP contribution in [0, 0.1) is 5.82 Å². The smallest absolute Gasteiger partial charge is 0.157 e. The number of para-hydroxylation sites is 1. The van der Waals surface area contributed by atoms with Crippen molar-refractivity contribution in [2.45, 2.75) is 38.0 Å². The van der Waals surface area contributed by atoms with Crippen molar-refractivity contribution in [1.29, 1.82) is 0 Å². The van der Waals surface area contributed by atoms with Crippen LogP contribution in [-0.4, -0.2) is 76.4 Å². The van der Waals surface area contributed by atoms with E-state index in [1.165, 1.54) is 6.07 Å². The van der Waals surface area contributed by atoms with Gasteiger partial charge >= 0.3 is 0 Å². The van der Waals surface area contributed by atoms with Crippen LogP contribution in [0.1, 0.15) is 25.7 Å². The van der Waals surface area contributed by atoms with E-state index in [2.05, 4.69) is 9.80 Å². The van der Waals surface area contributed by atoms with Gasteiger partial charge in [0.2, 0.25) is 0 Å². The lowest BCUT2D eigenvalue weighted by molar-refractivity contribution is -0.163. The highest BCUT2D eigenvalue weighted by Gasteiger charge is 2.31. The fraction of sp³-hybridized carbons (Fsp3) is 0.714. The van der Waals surface area contributed by atoms with Gasteiger partial charge in [-0.25, -0.2) is 4.39 Å². The lowest BCUT2D eigenvalue weighted by atomic mass is 10.1. The Morgan fingerprint density at radius 2 is 2.07 bits per heavy atom. The third-order valence-corrected chi connectivity index (χ3v) is 5.69. The quantitative estimate of drug-likeness (QED) is 0.663. The van der Waals surface area contributed by atoms with E-state index in [9.17, 15) is 4.39 Å². The molecule has 0 saturated carbocycles. The summed E-state index contributed by atoms with van der Waals surface area (Å²) in [5, 5.41) is 0. The highest BCUT2D eigenvalue weighted by molar-refractivity contribution is 5.60. The number of halogens is 1. The Morgan fingerprint density at radius 3 is 2.96 bits per heavy atom. The van der Waals surface area contributed by atoms with Gasteiger partial charge in [0.15, 0.2) is 6.29 Å². The standard InChI is InChI=1S/C21H31FN2O4/c22-18-5-3-6-19(26-12-4-13-28-20-7-1-2-11-27-20)21(18)24-9-8-23-10-14-25-16-17(23)15-24/h3,5-6,17,20H,1-2,4,7-16H2/t17-,20?/m1/s1. The van der Waals surface area contributed by atoms with Gasteiger partial charge in [-0.1, -0.05) is 6.07 Å². The van der Waals surface area contributed by atoms with E-state index in [1.54, 1.807) is 6.07 Å². The molecule has 156 valence electrons. The molecular formula is C21H31FN2O4. The van der Waals surface area contributed by atoms with Crippen LogP contribution in [0.5, 0.6) is 5.75 Å². The average Bonchev–Trinajstić information content (AvgIpc) is 2.74. The summed E-state index contributed by atoms with van der Waals surface area (Å²) < 4.78 is 37.5. The van der Waals surface area contributed by atoms with Crippen molar-refractivity contribution in [3.63, 3.8) is 0 Å². The first-order valence-electron chi connectivity index (χ1n) is 10.5. The Labute approximate surface area is 166 Å². The van der Waals surface area contributed by atoms with Gasteiger partial charge in [0.1, 0.15) is 17.3 Å². The molecule has 2 atom stereocenters. The summed E-state index contributed by atoms with van der Waals surface area (Å²) in [7, 11) is 0. The summed E-state index contributed by atoms with van der Waals surface area (Å²) in [5.74, 6) is 0.383. The zero-order chi connectivity index (χ0) is 19.2. The van der Waals surface area contributed by atoms with Gasteiger partial charge < -0.3 is 23.8 Å². The number of ether oxygens (including phenoxy) is 4. The fourth-order valence-electron chi connectivity index (χ4n) is 4.17. The van der Waals surface area contributed by atoms with Crippen LogP contribution in [0.25, 0.3) is 0 Å². The third-order valence-electron chi connectivity index (χ3n) is 5.69. The molecule has 1 aromatic rings. The average molecular weight is 394 g/mol. The molecule has 7 heteroatoms. The normalized spacial score (nSPS) is 26.1. The first-order valence-corrected chi connectivity index (χ1v) is 10.5. The zero-order valence-electron chi connectivity index (χ0n) is 16.5. The van der Waals surface area contributed by atoms with Gasteiger partial charge in [-0.15, -0.1) is 0 Å². The zero-order valence-corrected chi connectivity index (χ0v) is 16.5. The van der Waals surface area contributed by atoms with E-state index in [-0.39, 0.29) is 12.1 Å². The number of anilines is 1. The molecule has 3 saturated heterocycles. The van der Waals surface area contributed by atoms with Gasteiger partial charge in [-0.05, 0) is 31.4 Å². The predicted molar refractivity (Wildman–Crippen MR) is 104 cm³/mol. The number of piperazine rings is 1. The Balaban J connectivity index is 1.30. The Kier molecular flexibility index (Phi) is 7.01. The van der Waals surface area contributed by atoms with Crippen molar-refractivity contribution < 1.29 is 23.3 Å². The van der Waals surface area contributed by atoms with Crippen LogP contribution in [0.2, 0.25) is 0 Å². The molecule has 0 radical (unpaired) electrons. The van der Waals surface area contributed by atoms with Gasteiger partial charge in [0.05, 0.1) is 32.5 Å². The topological polar surface area (TPSA) is 43.4 Å². The van der Waals surface area contributed by atoms with Crippen LogP contribution in [-0.2, 0) is 14.2 Å². The summed E-state index contributed by atoms with van der Waals surface area (Å²) in [4.78, 5) is 4.54. The van der Waals surface area contributed by atoms with Crippen molar-refractivity contribution in [3.05, 3.63) is 24.0 Å². The summed E-state index contributed by atoms with van der Waals surface area (Å²) in [5.41, 5.74) is 0.573. The van der Waals surface area contributed by atoms with Crippen molar-refractivity contribution in [1.82, 2.24) is 4.90 Å². The Morgan fingerprint density at radius 1 is 1.11 bits per heavy atom. The minimum absolute atomic E-state index is 0.0764. The SMILES string of the molecule is Fc1cccc(OCCCOC2CCCCO2)c1N1CCN2CCOC[C@H]2C1. The molecule has 3 aliphatic heterocycles. The molecule has 3 aliphatic rings. The number of fused-ring (bicyclic) bond motifs is 1. The van der Waals surface area contributed by atoms with E-state index in [0.717, 1.165) is 65.1 Å². The molecule has 6 nitrogen and oxygen atoms in total. The van der Waals surface area contributed by atoms with Crippen molar-refractivity contribution in [3.8, 4) is 5.75 Å². The number of hydrogen-bond acceptors (Lipinski definition) is 6. The highest BCUT2D eigenvalue weighted by Crippen LogP contribution is 2.33. The molecule has 28 heavy (non-hydrogen) atoms. The van der Waals surface area contributed by atoms with Gasteiger partial charge in [0.25, 0.3) is 0 Å². The van der Waals surface area contributed by atoms with Crippen LogP contribution in [0.15, 0.2) is 18.2 Å².